The number of carbonyl (C=O) groups excluding carboxylic acids is 2. The van der Waals surface area contributed by atoms with Crippen molar-refractivity contribution in [3.05, 3.63) is 29.3 Å². The number of ether oxygens (including phenoxy) is 1. The van der Waals surface area contributed by atoms with Gasteiger partial charge in [-0.05, 0) is 18.6 Å². The Labute approximate surface area is 88.0 Å². The van der Waals surface area contributed by atoms with Gasteiger partial charge in [-0.3, -0.25) is 9.59 Å². The molecule has 0 bridgehead atoms. The van der Waals surface area contributed by atoms with E-state index in [1.807, 2.05) is 13.0 Å². The zero-order valence-electron chi connectivity index (χ0n) is 8.53. The van der Waals surface area contributed by atoms with Crippen LogP contribution >= 0.6 is 0 Å². The quantitative estimate of drug-likeness (QED) is 0.734. The van der Waals surface area contributed by atoms with Crippen molar-refractivity contribution >= 4 is 12.2 Å². The molecule has 0 saturated heterocycles. The van der Waals surface area contributed by atoms with Crippen LogP contribution in [0.1, 0.15) is 22.3 Å². The normalized spacial score (nSPS) is 9.67. The molecular weight excluding hydrogens is 194 g/mol. The minimum atomic E-state index is -0.420. The molecule has 0 heterocycles. The molecule has 0 spiro atoms. The molecule has 80 valence electrons. The van der Waals surface area contributed by atoms with Gasteiger partial charge in [-0.25, -0.2) is 0 Å². The lowest BCUT2D eigenvalue weighted by molar-refractivity contribution is -0.118. The highest BCUT2D eigenvalue weighted by Gasteiger charge is 2.06. The van der Waals surface area contributed by atoms with E-state index in [4.69, 9.17) is 10.5 Å². The second-order valence-corrected chi connectivity index (χ2v) is 3.18. The summed E-state index contributed by atoms with van der Waals surface area (Å²) in [7, 11) is 0. The molecule has 15 heavy (non-hydrogen) atoms. The Balaban J connectivity index is 2.74. The van der Waals surface area contributed by atoms with E-state index in [2.05, 4.69) is 0 Å². The lowest BCUT2D eigenvalue weighted by Crippen LogP contribution is -2.15. The van der Waals surface area contributed by atoms with Crippen LogP contribution < -0.4 is 10.5 Å². The number of para-hydroxylation sites is 1. The summed E-state index contributed by atoms with van der Waals surface area (Å²) in [5.41, 5.74) is 6.33. The molecule has 0 aromatic heterocycles. The number of aldehydes is 1. The highest BCUT2D eigenvalue weighted by atomic mass is 16.5. The van der Waals surface area contributed by atoms with Crippen LogP contribution in [-0.4, -0.2) is 18.8 Å². The van der Waals surface area contributed by atoms with Crippen molar-refractivity contribution in [1.29, 1.82) is 0 Å². The first-order valence-electron chi connectivity index (χ1n) is 4.61. The monoisotopic (exact) mass is 207 g/mol. The number of rotatable bonds is 5. The first-order chi connectivity index (χ1) is 7.15. The summed E-state index contributed by atoms with van der Waals surface area (Å²) in [6.45, 7) is 2.04. The van der Waals surface area contributed by atoms with Crippen LogP contribution in [0.4, 0.5) is 0 Å². The second-order valence-electron chi connectivity index (χ2n) is 3.18. The molecule has 0 fully saturated rings. The van der Waals surface area contributed by atoms with Crippen molar-refractivity contribution in [2.24, 2.45) is 5.73 Å². The van der Waals surface area contributed by atoms with Crippen molar-refractivity contribution in [3.63, 3.8) is 0 Å². The van der Waals surface area contributed by atoms with Gasteiger partial charge in [0.1, 0.15) is 5.75 Å². The average molecular weight is 207 g/mol. The van der Waals surface area contributed by atoms with Gasteiger partial charge in [0.15, 0.2) is 6.29 Å². The summed E-state index contributed by atoms with van der Waals surface area (Å²) < 4.78 is 5.34. The third-order valence-corrected chi connectivity index (χ3v) is 1.96. The van der Waals surface area contributed by atoms with Gasteiger partial charge in [0, 0.05) is 0 Å². The molecule has 4 nitrogen and oxygen atoms in total. The van der Waals surface area contributed by atoms with E-state index < -0.39 is 5.91 Å². The van der Waals surface area contributed by atoms with Crippen LogP contribution in [-0.2, 0) is 4.79 Å². The SMILES string of the molecule is Cc1cccc(C=O)c1OCCC(N)=O. The van der Waals surface area contributed by atoms with Crippen molar-refractivity contribution in [2.75, 3.05) is 6.61 Å². The fourth-order valence-electron chi connectivity index (χ4n) is 1.22. The zero-order chi connectivity index (χ0) is 11.3. The molecule has 0 saturated carbocycles. The Morgan fingerprint density at radius 1 is 1.53 bits per heavy atom. The number of hydrogen-bond acceptors (Lipinski definition) is 3. The van der Waals surface area contributed by atoms with Crippen molar-refractivity contribution in [1.82, 2.24) is 0 Å². The average Bonchev–Trinajstić information content (AvgIpc) is 2.20. The van der Waals surface area contributed by atoms with Gasteiger partial charge < -0.3 is 10.5 Å². The Bertz CT molecular complexity index is 374. The number of benzene rings is 1. The molecule has 1 aromatic rings. The van der Waals surface area contributed by atoms with E-state index in [1.54, 1.807) is 12.1 Å². The molecular formula is C11H13NO3. The summed E-state index contributed by atoms with van der Waals surface area (Å²) in [6.07, 6.45) is 0.874. The topological polar surface area (TPSA) is 69.4 Å². The predicted octanol–water partition coefficient (Wildman–Crippen LogP) is 1.06. The molecule has 0 atom stereocenters. The standard InChI is InChI=1S/C11H13NO3/c1-8-3-2-4-9(7-13)11(8)15-6-5-10(12)14/h2-4,7H,5-6H2,1H3,(H2,12,14). The smallest absolute Gasteiger partial charge is 0.220 e. The van der Waals surface area contributed by atoms with Crippen molar-refractivity contribution < 1.29 is 14.3 Å². The van der Waals surface area contributed by atoms with Gasteiger partial charge in [-0.15, -0.1) is 0 Å². The fraction of sp³-hybridized carbons (Fsp3) is 0.273. The highest BCUT2D eigenvalue weighted by molar-refractivity contribution is 5.80. The van der Waals surface area contributed by atoms with Crippen molar-refractivity contribution in [3.8, 4) is 5.75 Å². The maximum Gasteiger partial charge on any atom is 0.220 e. The minimum Gasteiger partial charge on any atom is -0.492 e. The summed E-state index contributed by atoms with van der Waals surface area (Å²) in [4.78, 5) is 21.2. The minimum absolute atomic E-state index is 0.145. The zero-order valence-corrected chi connectivity index (χ0v) is 8.53. The Morgan fingerprint density at radius 2 is 2.27 bits per heavy atom. The summed E-state index contributed by atoms with van der Waals surface area (Å²) in [6, 6.07) is 5.28. The molecule has 0 aliphatic rings. The molecule has 0 aliphatic carbocycles. The van der Waals surface area contributed by atoms with Crippen molar-refractivity contribution in [2.45, 2.75) is 13.3 Å². The second kappa shape index (κ2) is 5.14. The lowest BCUT2D eigenvalue weighted by Gasteiger charge is -2.09. The van der Waals surface area contributed by atoms with E-state index in [-0.39, 0.29) is 13.0 Å². The van der Waals surface area contributed by atoms with Crippen LogP contribution in [0.5, 0.6) is 5.75 Å². The molecule has 0 radical (unpaired) electrons. The van der Waals surface area contributed by atoms with Crippen LogP contribution in [0.15, 0.2) is 18.2 Å². The number of primary amides is 1. The number of hydrogen-bond donors (Lipinski definition) is 1. The van der Waals surface area contributed by atoms with Gasteiger partial charge in [0.05, 0.1) is 18.6 Å². The lowest BCUT2D eigenvalue weighted by atomic mass is 10.1. The largest absolute Gasteiger partial charge is 0.492 e. The fourth-order valence-corrected chi connectivity index (χ4v) is 1.22. The summed E-state index contributed by atoms with van der Waals surface area (Å²) in [5.74, 6) is 0.102. The van der Waals surface area contributed by atoms with Crippen LogP contribution in [0, 0.1) is 6.92 Å². The van der Waals surface area contributed by atoms with E-state index in [0.717, 1.165) is 11.8 Å². The van der Waals surface area contributed by atoms with E-state index in [1.165, 1.54) is 0 Å². The molecule has 1 aromatic carbocycles. The van der Waals surface area contributed by atoms with Gasteiger partial charge in [-0.1, -0.05) is 12.1 Å². The van der Waals surface area contributed by atoms with Crippen LogP contribution in [0.2, 0.25) is 0 Å². The molecule has 2 N–H and O–H groups in total. The maximum atomic E-state index is 10.7. The molecule has 4 heteroatoms. The maximum absolute atomic E-state index is 10.7. The highest BCUT2D eigenvalue weighted by Crippen LogP contribution is 2.21. The van der Waals surface area contributed by atoms with Gasteiger partial charge >= 0.3 is 0 Å². The molecule has 0 unspecified atom stereocenters. The Kier molecular flexibility index (Phi) is 3.85. The predicted molar refractivity (Wildman–Crippen MR) is 55.9 cm³/mol. The summed E-state index contributed by atoms with van der Waals surface area (Å²) in [5, 5.41) is 0. The van der Waals surface area contributed by atoms with E-state index in [9.17, 15) is 9.59 Å². The molecule has 0 aliphatic heterocycles. The molecule has 1 amide bonds. The number of amides is 1. The van der Waals surface area contributed by atoms with Gasteiger partial charge in [0.2, 0.25) is 5.91 Å². The van der Waals surface area contributed by atoms with Gasteiger partial charge in [0.25, 0.3) is 0 Å². The van der Waals surface area contributed by atoms with Gasteiger partial charge in [-0.2, -0.15) is 0 Å². The number of aryl methyl sites for hydroxylation is 1. The van der Waals surface area contributed by atoms with Crippen LogP contribution in [0.25, 0.3) is 0 Å². The Hall–Kier alpha value is -1.84. The first-order valence-corrected chi connectivity index (χ1v) is 4.61. The third kappa shape index (κ3) is 3.09. The summed E-state index contributed by atoms with van der Waals surface area (Å²) >= 11 is 0. The Morgan fingerprint density at radius 3 is 2.87 bits per heavy atom. The number of nitrogens with two attached hydrogens (primary N) is 1. The van der Waals surface area contributed by atoms with E-state index >= 15 is 0 Å². The third-order valence-electron chi connectivity index (χ3n) is 1.96. The first kappa shape index (κ1) is 11.2. The van der Waals surface area contributed by atoms with Crippen LogP contribution in [0.3, 0.4) is 0 Å². The van der Waals surface area contributed by atoms with E-state index in [0.29, 0.717) is 11.3 Å². The number of carbonyl (C=O) groups is 2. The molecule has 1 rings (SSSR count).